The Hall–Kier alpha value is -2.70. The van der Waals surface area contributed by atoms with Gasteiger partial charge in [-0.2, -0.15) is 0 Å². The number of hydrogen-bond acceptors (Lipinski definition) is 5. The molecule has 26 heavy (non-hydrogen) atoms. The molecular formula is C20H20FN3O2. The van der Waals surface area contributed by atoms with Crippen molar-refractivity contribution in [1.29, 1.82) is 0 Å². The zero-order chi connectivity index (χ0) is 18.1. The average molecular weight is 353 g/mol. The highest BCUT2D eigenvalue weighted by Crippen LogP contribution is 2.39. The number of fused-ring (bicyclic) bond motifs is 1. The second kappa shape index (κ2) is 6.90. The zero-order valence-electron chi connectivity index (χ0n) is 14.2. The number of aromatic hydroxyl groups is 1. The summed E-state index contributed by atoms with van der Waals surface area (Å²) in [5, 5.41) is 11.7. The van der Waals surface area contributed by atoms with E-state index in [9.17, 15) is 9.50 Å². The van der Waals surface area contributed by atoms with Crippen molar-refractivity contribution in [2.75, 3.05) is 32.0 Å². The molecule has 1 aromatic heterocycles. The topological polar surface area (TPSA) is 71.6 Å². The zero-order valence-corrected chi connectivity index (χ0v) is 14.2. The van der Waals surface area contributed by atoms with E-state index in [1.54, 1.807) is 24.3 Å². The Morgan fingerprint density at radius 2 is 1.77 bits per heavy atom. The maximum atomic E-state index is 14.6. The van der Waals surface area contributed by atoms with Gasteiger partial charge in [0.05, 0.1) is 19.3 Å². The van der Waals surface area contributed by atoms with E-state index in [2.05, 4.69) is 9.88 Å². The van der Waals surface area contributed by atoms with Gasteiger partial charge in [0.1, 0.15) is 22.9 Å². The third-order valence-electron chi connectivity index (χ3n) is 4.79. The number of ether oxygens (including phenoxy) is 1. The predicted molar refractivity (Wildman–Crippen MR) is 98.5 cm³/mol. The van der Waals surface area contributed by atoms with Gasteiger partial charge in [0.15, 0.2) is 0 Å². The summed E-state index contributed by atoms with van der Waals surface area (Å²) in [6, 6.07) is 13.5. The number of aromatic nitrogens is 1. The van der Waals surface area contributed by atoms with Gasteiger partial charge < -0.3 is 15.6 Å². The number of pyridine rings is 1. The van der Waals surface area contributed by atoms with Gasteiger partial charge in [0.25, 0.3) is 0 Å². The lowest BCUT2D eigenvalue weighted by atomic mass is 9.94. The van der Waals surface area contributed by atoms with Crippen LogP contribution in [0.3, 0.4) is 0 Å². The van der Waals surface area contributed by atoms with Gasteiger partial charge in [-0.25, -0.2) is 9.37 Å². The molecule has 2 aromatic carbocycles. The largest absolute Gasteiger partial charge is 0.505 e. The monoisotopic (exact) mass is 353 g/mol. The quantitative estimate of drug-likeness (QED) is 0.757. The first-order chi connectivity index (χ1) is 12.6. The molecule has 0 bridgehead atoms. The molecule has 1 fully saturated rings. The number of phenols is 1. The van der Waals surface area contributed by atoms with E-state index in [4.69, 9.17) is 10.5 Å². The third kappa shape index (κ3) is 2.98. The highest BCUT2D eigenvalue weighted by Gasteiger charge is 2.29. The van der Waals surface area contributed by atoms with E-state index >= 15 is 0 Å². The number of halogens is 1. The first-order valence-electron chi connectivity index (χ1n) is 8.59. The van der Waals surface area contributed by atoms with Crippen LogP contribution in [0.5, 0.6) is 5.75 Å². The van der Waals surface area contributed by atoms with Crippen molar-refractivity contribution in [1.82, 2.24) is 9.88 Å². The first kappa shape index (κ1) is 16.8. The standard InChI is InChI=1S/C20H20FN3O2/c21-16-4-2-1-3-14(16)19(24-9-11-26-12-10-24)15-7-5-13-6-8-17(22)23-18(13)20(15)25/h1-8,19,25H,9-12H2,(H2,22,23). The number of nitrogens with two attached hydrogens (primary N) is 1. The third-order valence-corrected chi connectivity index (χ3v) is 4.79. The van der Waals surface area contributed by atoms with Crippen LogP contribution in [0.4, 0.5) is 10.2 Å². The molecule has 1 unspecified atom stereocenters. The second-order valence-electron chi connectivity index (χ2n) is 6.38. The molecule has 3 aromatic rings. The summed E-state index contributed by atoms with van der Waals surface area (Å²) in [5.74, 6) is 0.0670. The van der Waals surface area contributed by atoms with Crippen LogP contribution >= 0.6 is 0 Å². The number of morpholine rings is 1. The highest BCUT2D eigenvalue weighted by molar-refractivity contribution is 5.87. The van der Waals surface area contributed by atoms with Crippen LogP contribution in [0.25, 0.3) is 10.9 Å². The van der Waals surface area contributed by atoms with Crippen LogP contribution in [0.15, 0.2) is 48.5 Å². The number of nitrogen functional groups attached to an aromatic ring is 1. The Bertz CT molecular complexity index is 941. The molecule has 4 rings (SSSR count). The van der Waals surface area contributed by atoms with E-state index in [0.717, 1.165) is 5.39 Å². The van der Waals surface area contributed by atoms with Crippen LogP contribution in [-0.2, 0) is 4.74 Å². The van der Waals surface area contributed by atoms with E-state index in [1.165, 1.54) is 6.07 Å². The molecule has 0 amide bonds. The van der Waals surface area contributed by atoms with Gasteiger partial charge in [-0.1, -0.05) is 30.3 Å². The normalized spacial score (nSPS) is 16.7. The molecule has 0 radical (unpaired) electrons. The fraction of sp³-hybridized carbons (Fsp3) is 0.250. The molecule has 0 saturated carbocycles. The summed E-state index contributed by atoms with van der Waals surface area (Å²) in [6.45, 7) is 2.46. The number of phenolic OH excluding ortho intramolecular Hbond substituents is 1. The van der Waals surface area contributed by atoms with E-state index in [0.29, 0.717) is 48.8 Å². The maximum absolute atomic E-state index is 14.6. The molecule has 1 atom stereocenters. The van der Waals surface area contributed by atoms with E-state index in [-0.39, 0.29) is 11.6 Å². The average Bonchev–Trinajstić information content (AvgIpc) is 2.66. The summed E-state index contributed by atoms with van der Waals surface area (Å²) in [4.78, 5) is 6.39. The Balaban J connectivity index is 1.90. The van der Waals surface area contributed by atoms with Gasteiger partial charge in [0, 0.05) is 29.6 Å². The summed E-state index contributed by atoms with van der Waals surface area (Å²) in [7, 11) is 0. The van der Waals surface area contributed by atoms with Crippen molar-refractivity contribution in [3.05, 3.63) is 65.5 Å². The lowest BCUT2D eigenvalue weighted by Crippen LogP contribution is -2.39. The Kier molecular flexibility index (Phi) is 4.44. The van der Waals surface area contributed by atoms with Crippen molar-refractivity contribution in [3.8, 4) is 5.75 Å². The molecular weight excluding hydrogens is 333 g/mol. The van der Waals surface area contributed by atoms with Crippen molar-refractivity contribution in [2.24, 2.45) is 0 Å². The van der Waals surface area contributed by atoms with Crippen LogP contribution in [0.2, 0.25) is 0 Å². The van der Waals surface area contributed by atoms with Gasteiger partial charge in [-0.05, 0) is 18.2 Å². The van der Waals surface area contributed by atoms with Crippen molar-refractivity contribution >= 4 is 16.7 Å². The number of benzene rings is 2. The molecule has 1 saturated heterocycles. The summed E-state index contributed by atoms with van der Waals surface area (Å²) < 4.78 is 20.1. The highest BCUT2D eigenvalue weighted by atomic mass is 19.1. The van der Waals surface area contributed by atoms with Crippen LogP contribution in [0, 0.1) is 5.82 Å². The minimum absolute atomic E-state index is 0.0366. The van der Waals surface area contributed by atoms with Crippen molar-refractivity contribution in [2.45, 2.75) is 6.04 Å². The Morgan fingerprint density at radius 1 is 1.04 bits per heavy atom. The van der Waals surface area contributed by atoms with Crippen LogP contribution in [-0.4, -0.2) is 41.3 Å². The summed E-state index contributed by atoms with van der Waals surface area (Å²) in [5.41, 5.74) is 7.35. The number of nitrogens with zero attached hydrogens (tertiary/aromatic N) is 2. The van der Waals surface area contributed by atoms with E-state index < -0.39 is 6.04 Å². The first-order valence-corrected chi connectivity index (χ1v) is 8.59. The molecule has 1 aliphatic rings. The predicted octanol–water partition coefficient (Wildman–Crippen LogP) is 3.08. The molecule has 0 spiro atoms. The lowest BCUT2D eigenvalue weighted by molar-refractivity contribution is 0.0230. The Labute approximate surface area is 150 Å². The smallest absolute Gasteiger partial charge is 0.147 e. The summed E-state index contributed by atoms with van der Waals surface area (Å²) >= 11 is 0. The molecule has 1 aliphatic heterocycles. The number of rotatable bonds is 3. The molecule has 134 valence electrons. The molecule has 3 N–H and O–H groups in total. The van der Waals surface area contributed by atoms with Gasteiger partial charge in [-0.15, -0.1) is 0 Å². The minimum atomic E-state index is -0.423. The van der Waals surface area contributed by atoms with Gasteiger partial charge >= 0.3 is 0 Å². The minimum Gasteiger partial charge on any atom is -0.505 e. The lowest BCUT2D eigenvalue weighted by Gasteiger charge is -2.35. The van der Waals surface area contributed by atoms with E-state index in [1.807, 2.05) is 18.2 Å². The number of hydrogen-bond donors (Lipinski definition) is 2. The molecule has 6 heteroatoms. The van der Waals surface area contributed by atoms with Gasteiger partial charge in [0.2, 0.25) is 0 Å². The molecule has 0 aliphatic carbocycles. The number of anilines is 1. The maximum Gasteiger partial charge on any atom is 0.147 e. The fourth-order valence-electron chi connectivity index (χ4n) is 3.52. The van der Waals surface area contributed by atoms with Crippen LogP contribution in [0.1, 0.15) is 17.2 Å². The van der Waals surface area contributed by atoms with Crippen molar-refractivity contribution < 1.29 is 14.2 Å². The Morgan fingerprint density at radius 3 is 2.54 bits per heavy atom. The van der Waals surface area contributed by atoms with Crippen molar-refractivity contribution in [3.63, 3.8) is 0 Å². The van der Waals surface area contributed by atoms with Gasteiger partial charge in [-0.3, -0.25) is 4.90 Å². The fourth-order valence-corrected chi connectivity index (χ4v) is 3.52. The molecule has 5 nitrogen and oxygen atoms in total. The van der Waals surface area contributed by atoms with Crippen LogP contribution < -0.4 is 5.73 Å². The summed E-state index contributed by atoms with van der Waals surface area (Å²) in [6.07, 6.45) is 0. The molecule has 2 heterocycles. The SMILES string of the molecule is Nc1ccc2ccc(C(c3ccccc3F)N3CCOCC3)c(O)c2n1. The second-order valence-corrected chi connectivity index (χ2v) is 6.38.